The van der Waals surface area contributed by atoms with Crippen molar-refractivity contribution < 1.29 is 156 Å². The van der Waals surface area contributed by atoms with Gasteiger partial charge in [0.05, 0.1) is 0 Å². The van der Waals surface area contributed by atoms with E-state index in [2.05, 4.69) is 0 Å². The molecule has 7 heavy (non-hydrogen) atoms. The SMILES string of the molecule is [Cu].[Cu].[Cu].[Zr].[Zr].[Zr].[Zr]. The second-order valence-corrected chi connectivity index (χ2v) is 0. The van der Waals surface area contributed by atoms with Crippen molar-refractivity contribution in [2.75, 3.05) is 0 Å². The standard InChI is InChI=1S/3Cu.4Zr. The maximum Gasteiger partial charge on any atom is 0 e. The Morgan fingerprint density at radius 2 is 0.286 bits per heavy atom. The van der Waals surface area contributed by atoms with Gasteiger partial charge in [0.25, 0.3) is 0 Å². The van der Waals surface area contributed by atoms with Gasteiger partial charge in [-0.2, -0.15) is 0 Å². The average molecular weight is 556 g/mol. The van der Waals surface area contributed by atoms with Crippen LogP contribution in [-0.2, 0) is 156 Å². The Balaban J connectivity index is 0. The molecule has 0 N–H and O–H groups in total. The van der Waals surface area contributed by atoms with E-state index in [1.54, 1.807) is 0 Å². The Bertz CT molecular complexity index is 6.90. The predicted octanol–water partition coefficient (Wildman–Crippen LogP) is -0.0175. The first-order chi connectivity index (χ1) is 0. The molecule has 0 aromatic carbocycles. The van der Waals surface area contributed by atoms with Crippen LogP contribution in [0.5, 0.6) is 0 Å². The monoisotopic (exact) mass is 548 g/mol. The summed E-state index contributed by atoms with van der Waals surface area (Å²) in [7, 11) is 0. The van der Waals surface area contributed by atoms with Gasteiger partial charge in [0.1, 0.15) is 0 Å². The third-order valence-electron chi connectivity index (χ3n) is 0. The zero-order valence-corrected chi connectivity index (χ0v) is 15.6. The molecule has 0 aliphatic rings. The normalized spacial score (nSPS) is 0. The van der Waals surface area contributed by atoms with Crippen molar-refractivity contribution in [3.05, 3.63) is 0 Å². The van der Waals surface area contributed by atoms with E-state index >= 15 is 0 Å². The van der Waals surface area contributed by atoms with E-state index in [1.165, 1.54) is 0 Å². The van der Waals surface area contributed by atoms with E-state index in [4.69, 9.17) is 0 Å². The summed E-state index contributed by atoms with van der Waals surface area (Å²) in [6.45, 7) is 0. The average Bonchev–Trinajstić information content (AvgIpc) is 0. The Kier molecular flexibility index (Phi) is 357. The molecule has 0 fully saturated rings. The van der Waals surface area contributed by atoms with E-state index in [1.807, 2.05) is 0 Å². The van der Waals surface area contributed by atoms with Crippen LogP contribution in [0.25, 0.3) is 0 Å². The summed E-state index contributed by atoms with van der Waals surface area (Å²) < 4.78 is 0. The van der Waals surface area contributed by atoms with Crippen molar-refractivity contribution in [1.82, 2.24) is 0 Å². The molecule has 0 unspecified atom stereocenters. The minimum atomic E-state index is 0. The van der Waals surface area contributed by atoms with Crippen LogP contribution in [0.4, 0.5) is 0 Å². The van der Waals surface area contributed by atoms with Crippen molar-refractivity contribution in [1.29, 1.82) is 0 Å². The fraction of sp³-hybridized carbons (Fsp3) is 0. The second kappa shape index (κ2) is 43.6. The predicted molar refractivity (Wildman–Crippen MR) is 0 cm³/mol. The van der Waals surface area contributed by atoms with Crippen LogP contribution >= 0.6 is 0 Å². The van der Waals surface area contributed by atoms with Gasteiger partial charge in [0.15, 0.2) is 0 Å². The van der Waals surface area contributed by atoms with Crippen LogP contribution in [0.2, 0.25) is 0 Å². The molecule has 0 heterocycles. The maximum atomic E-state index is 0. The molecule has 3 radical (unpaired) electrons. The van der Waals surface area contributed by atoms with E-state index in [0.717, 1.165) is 0 Å². The molecule has 0 aromatic heterocycles. The van der Waals surface area contributed by atoms with Crippen molar-refractivity contribution in [2.24, 2.45) is 0 Å². The van der Waals surface area contributed by atoms with Crippen molar-refractivity contribution >= 4 is 0 Å². The molecule has 0 amide bonds. The van der Waals surface area contributed by atoms with Gasteiger partial charge < -0.3 is 0 Å². The second-order valence-electron chi connectivity index (χ2n) is 0. The first-order valence-electron chi connectivity index (χ1n) is 0. The van der Waals surface area contributed by atoms with Gasteiger partial charge in [-0.3, -0.25) is 0 Å². The van der Waals surface area contributed by atoms with Gasteiger partial charge in [-0.15, -0.1) is 0 Å². The van der Waals surface area contributed by atoms with Crippen LogP contribution in [0.1, 0.15) is 0 Å². The van der Waals surface area contributed by atoms with Gasteiger partial charge in [-0.1, -0.05) is 0 Å². The summed E-state index contributed by atoms with van der Waals surface area (Å²) in [5, 5.41) is 0. The molecular weight excluding hydrogens is 556 g/mol. The molecule has 49 valence electrons. The molecule has 0 saturated heterocycles. The Morgan fingerprint density at radius 3 is 0.286 bits per heavy atom. The fourth-order valence-corrected chi connectivity index (χ4v) is 0. The maximum absolute atomic E-state index is 0. The molecule has 0 aliphatic heterocycles. The van der Waals surface area contributed by atoms with Crippen LogP contribution in [0, 0.1) is 0 Å². The van der Waals surface area contributed by atoms with Gasteiger partial charge >= 0.3 is 0 Å². The third-order valence-corrected chi connectivity index (χ3v) is 0. The molecule has 7 heteroatoms. The number of hydrogen-bond acceptors (Lipinski definition) is 0. The van der Waals surface area contributed by atoms with Crippen LogP contribution in [0.3, 0.4) is 0 Å². The zero-order valence-electron chi connectivity index (χ0n) is 2.90. The summed E-state index contributed by atoms with van der Waals surface area (Å²) in [5.74, 6) is 0. The topological polar surface area (TPSA) is 0 Å². The largest absolute Gasteiger partial charge is 0 e. The Morgan fingerprint density at radius 1 is 0.286 bits per heavy atom. The van der Waals surface area contributed by atoms with Gasteiger partial charge in [0, 0.05) is 156 Å². The molecule has 0 aliphatic carbocycles. The van der Waals surface area contributed by atoms with E-state index in [9.17, 15) is 0 Å². The molecular formula is Cu3Zr4. The quantitative estimate of drug-likeness (QED) is 0.369. The zero-order chi connectivity index (χ0) is 0. The van der Waals surface area contributed by atoms with E-state index < -0.39 is 0 Å². The number of rotatable bonds is 0. The summed E-state index contributed by atoms with van der Waals surface area (Å²) in [6.07, 6.45) is 0. The van der Waals surface area contributed by atoms with E-state index in [0.29, 0.717) is 0 Å². The van der Waals surface area contributed by atoms with Crippen molar-refractivity contribution in [3.8, 4) is 0 Å². The van der Waals surface area contributed by atoms with Crippen LogP contribution in [0.15, 0.2) is 0 Å². The minimum Gasteiger partial charge on any atom is 0 e. The summed E-state index contributed by atoms with van der Waals surface area (Å²) >= 11 is 0. The van der Waals surface area contributed by atoms with Gasteiger partial charge in [-0.05, 0) is 0 Å². The molecule has 0 nitrogen and oxygen atoms in total. The smallest absolute Gasteiger partial charge is 0 e. The van der Waals surface area contributed by atoms with Crippen LogP contribution < -0.4 is 0 Å². The molecule has 0 atom stereocenters. The first kappa shape index (κ1) is 57.4. The molecule has 0 aromatic rings. The fourth-order valence-electron chi connectivity index (χ4n) is 0. The third kappa shape index (κ3) is 35.4. The summed E-state index contributed by atoms with van der Waals surface area (Å²) in [4.78, 5) is 0. The summed E-state index contributed by atoms with van der Waals surface area (Å²) in [5.41, 5.74) is 0. The molecule has 0 spiro atoms. The molecule has 0 rings (SSSR count). The van der Waals surface area contributed by atoms with Crippen LogP contribution in [-0.4, -0.2) is 0 Å². The van der Waals surface area contributed by atoms with E-state index in [-0.39, 0.29) is 156 Å². The Hall–Kier alpha value is 5.09. The van der Waals surface area contributed by atoms with Gasteiger partial charge in [0.2, 0.25) is 0 Å². The molecule has 0 saturated carbocycles. The Labute approximate surface area is 152 Å². The van der Waals surface area contributed by atoms with Crippen molar-refractivity contribution in [3.63, 3.8) is 0 Å². The first-order valence-corrected chi connectivity index (χ1v) is 0. The molecule has 0 bridgehead atoms. The van der Waals surface area contributed by atoms with Crippen molar-refractivity contribution in [2.45, 2.75) is 0 Å². The number of hydrogen-bond donors (Lipinski definition) is 0. The summed E-state index contributed by atoms with van der Waals surface area (Å²) in [6, 6.07) is 0. The minimum absolute atomic E-state index is 0. The van der Waals surface area contributed by atoms with Gasteiger partial charge in [-0.25, -0.2) is 0 Å².